The van der Waals surface area contributed by atoms with E-state index in [0.717, 1.165) is 89.9 Å². The van der Waals surface area contributed by atoms with Crippen LogP contribution in [-0.4, -0.2) is 37.2 Å². The van der Waals surface area contributed by atoms with Crippen molar-refractivity contribution in [1.82, 2.24) is 0 Å². The lowest BCUT2D eigenvalue weighted by molar-refractivity contribution is -0.167. The topological polar surface area (TPSA) is 78.9 Å². The third-order valence-electron chi connectivity index (χ3n) is 14.7. The number of unbranched alkanes of at least 4 members (excludes halogenated alkanes) is 38. The minimum atomic E-state index is -0.781. The first-order valence-electron chi connectivity index (χ1n) is 33.4. The molecule has 6 heteroatoms. The van der Waals surface area contributed by atoms with E-state index in [1.54, 1.807) is 0 Å². The first-order valence-corrected chi connectivity index (χ1v) is 33.4. The van der Waals surface area contributed by atoms with Gasteiger partial charge >= 0.3 is 17.9 Å². The van der Waals surface area contributed by atoms with E-state index in [4.69, 9.17) is 14.2 Å². The van der Waals surface area contributed by atoms with Crippen LogP contribution in [0.15, 0.2) is 72.9 Å². The molecule has 0 aliphatic rings. The minimum absolute atomic E-state index is 0.0768. The molecule has 0 radical (unpaired) electrons. The quantitative estimate of drug-likeness (QED) is 0.0261. The molecule has 0 N–H and O–H groups in total. The number of carbonyl (C=O) groups excluding carboxylic acids is 3. The van der Waals surface area contributed by atoms with Crippen LogP contribution in [-0.2, 0) is 28.6 Å². The normalized spacial score (nSPS) is 12.5. The molecule has 0 spiro atoms. The molecule has 0 aromatic rings. The zero-order valence-corrected chi connectivity index (χ0v) is 51.2. The maximum absolute atomic E-state index is 12.9. The predicted molar refractivity (Wildman–Crippen MR) is 335 cm³/mol. The highest BCUT2D eigenvalue weighted by molar-refractivity contribution is 5.71. The highest BCUT2D eigenvalue weighted by Gasteiger charge is 2.19. The molecule has 77 heavy (non-hydrogen) atoms. The van der Waals surface area contributed by atoms with Crippen LogP contribution in [0.2, 0.25) is 0 Å². The van der Waals surface area contributed by atoms with Crippen LogP contribution in [0.25, 0.3) is 0 Å². The van der Waals surface area contributed by atoms with Gasteiger partial charge in [0.05, 0.1) is 0 Å². The van der Waals surface area contributed by atoms with Gasteiger partial charge in [-0.15, -0.1) is 0 Å². The van der Waals surface area contributed by atoms with E-state index < -0.39 is 6.10 Å². The van der Waals surface area contributed by atoms with Crippen molar-refractivity contribution in [1.29, 1.82) is 0 Å². The molecule has 0 rings (SSSR count). The summed E-state index contributed by atoms with van der Waals surface area (Å²) in [5, 5.41) is 0. The largest absolute Gasteiger partial charge is 0.462 e. The third-order valence-corrected chi connectivity index (χ3v) is 14.7. The van der Waals surface area contributed by atoms with Crippen molar-refractivity contribution in [3.63, 3.8) is 0 Å². The maximum Gasteiger partial charge on any atom is 0.306 e. The molecule has 0 aliphatic carbocycles. The van der Waals surface area contributed by atoms with Gasteiger partial charge in [-0.05, 0) is 96.3 Å². The molecule has 0 aromatic heterocycles. The molecule has 0 bridgehead atoms. The number of ether oxygens (including phenoxy) is 3. The molecular formula is C71H126O6. The second-order valence-electron chi connectivity index (χ2n) is 22.4. The molecule has 0 aromatic carbocycles. The standard InChI is InChI=1S/C71H126O6/c1-4-7-10-13-16-19-22-24-26-28-30-32-34-35-37-38-40-42-44-46-49-52-55-58-61-64-70(73)76-67-68(66-75-69(72)63-60-57-54-51-48-21-18-15-12-9-6-3)77-71(74)65-62-59-56-53-50-47-45-43-41-39-36-33-31-29-27-25-23-20-17-14-11-8-5-2/h22-25,28-31,34-36,39,68H,4-21,26-27,32-33,37-38,40-67H2,1-3H3/b24-22-,25-23-,30-28-,31-29-,35-34-,39-36-. The Morgan fingerprint density at radius 1 is 0.260 bits per heavy atom. The van der Waals surface area contributed by atoms with E-state index >= 15 is 0 Å². The molecule has 0 fully saturated rings. The predicted octanol–water partition coefficient (Wildman–Crippen LogP) is 22.9. The highest BCUT2D eigenvalue weighted by Crippen LogP contribution is 2.17. The average Bonchev–Trinajstić information content (AvgIpc) is 3.43. The van der Waals surface area contributed by atoms with Gasteiger partial charge in [0.25, 0.3) is 0 Å². The SMILES string of the molecule is CCCCCCC/C=C\C/C=C\C/C=C\CCCCCCCCCCCCC(=O)OCC(COC(=O)CCCCCCCCCCCCC)OC(=O)CCCCCCCCCC/C=C\C/C=C\C/C=C\CCCCCCC. The third kappa shape index (κ3) is 63.6. The Morgan fingerprint density at radius 2 is 0.468 bits per heavy atom. The lowest BCUT2D eigenvalue weighted by Crippen LogP contribution is -2.30. The smallest absolute Gasteiger partial charge is 0.306 e. The summed E-state index contributed by atoms with van der Waals surface area (Å²) in [5.41, 5.74) is 0. The Bertz CT molecular complexity index is 1420. The van der Waals surface area contributed by atoms with E-state index in [-0.39, 0.29) is 31.1 Å². The van der Waals surface area contributed by atoms with Gasteiger partial charge < -0.3 is 14.2 Å². The van der Waals surface area contributed by atoms with Crippen LogP contribution in [0, 0.1) is 0 Å². The van der Waals surface area contributed by atoms with Gasteiger partial charge in [0.1, 0.15) is 13.2 Å². The van der Waals surface area contributed by atoms with Gasteiger partial charge in [0.2, 0.25) is 0 Å². The fourth-order valence-corrected chi connectivity index (χ4v) is 9.64. The number of rotatable bonds is 61. The molecular weight excluding hydrogens is 949 g/mol. The summed E-state index contributed by atoms with van der Waals surface area (Å²) >= 11 is 0. The van der Waals surface area contributed by atoms with Crippen molar-refractivity contribution in [2.45, 2.75) is 348 Å². The molecule has 1 unspecified atom stereocenters. The van der Waals surface area contributed by atoms with Gasteiger partial charge in [0, 0.05) is 19.3 Å². The summed E-state index contributed by atoms with van der Waals surface area (Å²) in [6.45, 7) is 6.64. The number of allylic oxidation sites excluding steroid dienone is 12. The molecule has 0 heterocycles. The fraction of sp³-hybridized carbons (Fsp3) is 0.789. The molecule has 0 saturated carbocycles. The highest BCUT2D eigenvalue weighted by atomic mass is 16.6. The van der Waals surface area contributed by atoms with Gasteiger partial charge in [0.15, 0.2) is 6.10 Å². The van der Waals surface area contributed by atoms with Crippen LogP contribution in [0.3, 0.4) is 0 Å². The van der Waals surface area contributed by atoms with Crippen LogP contribution in [0.5, 0.6) is 0 Å². The van der Waals surface area contributed by atoms with Crippen LogP contribution >= 0.6 is 0 Å². The molecule has 1 atom stereocenters. The summed E-state index contributed by atoms with van der Waals surface area (Å²) in [7, 11) is 0. The minimum Gasteiger partial charge on any atom is -0.462 e. The molecule has 6 nitrogen and oxygen atoms in total. The zero-order chi connectivity index (χ0) is 55.7. The summed E-state index contributed by atoms with van der Waals surface area (Å²) in [4.78, 5) is 38.3. The van der Waals surface area contributed by atoms with Crippen LogP contribution in [0.4, 0.5) is 0 Å². The Labute approximate surface area is 478 Å². The Balaban J connectivity index is 4.28. The summed E-state index contributed by atoms with van der Waals surface area (Å²) in [6.07, 6.45) is 84.8. The maximum atomic E-state index is 12.9. The van der Waals surface area contributed by atoms with E-state index in [2.05, 4.69) is 93.7 Å². The lowest BCUT2D eigenvalue weighted by atomic mass is 10.0. The summed E-state index contributed by atoms with van der Waals surface area (Å²) in [6, 6.07) is 0. The van der Waals surface area contributed by atoms with Gasteiger partial charge in [-0.3, -0.25) is 14.4 Å². The molecule has 0 aliphatic heterocycles. The van der Waals surface area contributed by atoms with E-state index in [1.165, 1.54) is 212 Å². The first-order chi connectivity index (χ1) is 38.0. The van der Waals surface area contributed by atoms with Crippen LogP contribution < -0.4 is 0 Å². The van der Waals surface area contributed by atoms with Crippen molar-refractivity contribution in [3.05, 3.63) is 72.9 Å². The van der Waals surface area contributed by atoms with E-state index in [9.17, 15) is 14.4 Å². The zero-order valence-electron chi connectivity index (χ0n) is 51.2. The van der Waals surface area contributed by atoms with E-state index in [0.29, 0.717) is 19.3 Å². The second-order valence-corrected chi connectivity index (χ2v) is 22.4. The van der Waals surface area contributed by atoms with Crippen LogP contribution in [0.1, 0.15) is 342 Å². The van der Waals surface area contributed by atoms with Gasteiger partial charge in [-0.25, -0.2) is 0 Å². The van der Waals surface area contributed by atoms with Crippen molar-refractivity contribution in [3.8, 4) is 0 Å². The first kappa shape index (κ1) is 73.8. The molecule has 0 amide bonds. The van der Waals surface area contributed by atoms with Gasteiger partial charge in [-0.1, -0.05) is 299 Å². The molecule has 446 valence electrons. The number of esters is 3. The molecule has 0 saturated heterocycles. The lowest BCUT2D eigenvalue weighted by Gasteiger charge is -2.18. The Hall–Kier alpha value is -3.15. The Kier molecular flexibility index (Phi) is 62.7. The van der Waals surface area contributed by atoms with Crippen molar-refractivity contribution in [2.24, 2.45) is 0 Å². The monoisotopic (exact) mass is 1070 g/mol. The summed E-state index contributed by atoms with van der Waals surface area (Å²) in [5.74, 6) is -0.873. The Morgan fingerprint density at radius 3 is 0.727 bits per heavy atom. The average molecular weight is 1080 g/mol. The van der Waals surface area contributed by atoms with Crippen molar-refractivity contribution < 1.29 is 28.6 Å². The summed E-state index contributed by atoms with van der Waals surface area (Å²) < 4.78 is 16.9. The van der Waals surface area contributed by atoms with Crippen molar-refractivity contribution in [2.75, 3.05) is 13.2 Å². The van der Waals surface area contributed by atoms with Gasteiger partial charge in [-0.2, -0.15) is 0 Å². The number of carbonyl (C=O) groups is 3. The van der Waals surface area contributed by atoms with E-state index in [1.807, 2.05) is 0 Å². The fourth-order valence-electron chi connectivity index (χ4n) is 9.64. The second kappa shape index (κ2) is 65.4. The number of hydrogen-bond acceptors (Lipinski definition) is 6. The van der Waals surface area contributed by atoms with Crippen molar-refractivity contribution >= 4 is 17.9 Å². The number of hydrogen-bond donors (Lipinski definition) is 0.